The third kappa shape index (κ3) is 2.51. The number of amides is 1. The van der Waals surface area contributed by atoms with Gasteiger partial charge in [0.1, 0.15) is 5.82 Å². The van der Waals surface area contributed by atoms with Gasteiger partial charge in [-0.05, 0) is 18.1 Å². The van der Waals surface area contributed by atoms with Gasteiger partial charge in [0, 0.05) is 50.8 Å². The highest BCUT2D eigenvalue weighted by Crippen LogP contribution is 2.46. The van der Waals surface area contributed by atoms with E-state index in [2.05, 4.69) is 55.4 Å². The van der Waals surface area contributed by atoms with Gasteiger partial charge in [0.05, 0.1) is 18.4 Å². The zero-order valence-electron chi connectivity index (χ0n) is 15.6. The monoisotopic (exact) mass is 361 g/mol. The van der Waals surface area contributed by atoms with Crippen molar-refractivity contribution in [2.75, 3.05) is 24.5 Å². The van der Waals surface area contributed by atoms with Crippen LogP contribution in [0.5, 0.6) is 0 Å². The molecule has 0 N–H and O–H groups in total. The lowest BCUT2D eigenvalue weighted by molar-refractivity contribution is -0.130. The van der Waals surface area contributed by atoms with E-state index in [9.17, 15) is 4.79 Å². The molecule has 1 aromatic carbocycles. The van der Waals surface area contributed by atoms with E-state index < -0.39 is 0 Å². The zero-order valence-corrected chi connectivity index (χ0v) is 15.6. The van der Waals surface area contributed by atoms with Crippen molar-refractivity contribution in [2.24, 2.45) is 11.8 Å². The van der Waals surface area contributed by atoms with Crippen LogP contribution in [0.25, 0.3) is 5.65 Å². The van der Waals surface area contributed by atoms with Crippen LogP contribution in [-0.4, -0.2) is 44.8 Å². The summed E-state index contributed by atoms with van der Waals surface area (Å²) in [7, 11) is 0. The second kappa shape index (κ2) is 6.08. The third-order valence-electron chi connectivity index (χ3n) is 6.20. The molecule has 0 aliphatic carbocycles. The number of anilines is 1. The van der Waals surface area contributed by atoms with Crippen LogP contribution in [0, 0.1) is 18.8 Å². The third-order valence-corrected chi connectivity index (χ3v) is 6.20. The summed E-state index contributed by atoms with van der Waals surface area (Å²) >= 11 is 0. The van der Waals surface area contributed by atoms with Gasteiger partial charge in [-0.2, -0.15) is 0 Å². The highest BCUT2D eigenvalue weighted by Gasteiger charge is 2.49. The molecule has 5 rings (SSSR count). The van der Waals surface area contributed by atoms with Crippen molar-refractivity contribution >= 4 is 17.4 Å². The molecule has 27 heavy (non-hydrogen) atoms. The molecule has 1 amide bonds. The Morgan fingerprint density at radius 1 is 1.15 bits per heavy atom. The van der Waals surface area contributed by atoms with Gasteiger partial charge in [-0.25, -0.2) is 4.98 Å². The summed E-state index contributed by atoms with van der Waals surface area (Å²) < 4.78 is 2.10. The van der Waals surface area contributed by atoms with Crippen LogP contribution in [0.1, 0.15) is 24.1 Å². The first kappa shape index (κ1) is 16.3. The lowest BCUT2D eigenvalue weighted by Gasteiger charge is -2.30. The molecule has 0 spiro atoms. The Labute approximate surface area is 158 Å². The molecular weight excluding hydrogens is 338 g/mol. The average molecular weight is 361 g/mol. The van der Waals surface area contributed by atoms with Gasteiger partial charge in [0.15, 0.2) is 5.65 Å². The van der Waals surface area contributed by atoms with E-state index in [4.69, 9.17) is 0 Å². The van der Waals surface area contributed by atoms with Gasteiger partial charge < -0.3 is 9.80 Å². The summed E-state index contributed by atoms with van der Waals surface area (Å²) in [5.74, 6) is 2.14. The van der Waals surface area contributed by atoms with Crippen LogP contribution in [0.15, 0.2) is 49.1 Å². The van der Waals surface area contributed by atoms with Crippen molar-refractivity contribution in [3.8, 4) is 0 Å². The number of aryl methyl sites for hydroxylation is 1. The number of rotatable bonds is 2. The minimum absolute atomic E-state index is 0.147. The van der Waals surface area contributed by atoms with Crippen molar-refractivity contribution in [2.45, 2.75) is 19.9 Å². The number of hydrogen-bond donors (Lipinski definition) is 0. The van der Waals surface area contributed by atoms with Gasteiger partial charge in [0.2, 0.25) is 5.91 Å². The van der Waals surface area contributed by atoms with Crippen molar-refractivity contribution in [3.05, 3.63) is 60.2 Å². The summed E-state index contributed by atoms with van der Waals surface area (Å²) in [4.78, 5) is 25.6. The number of nitrogens with zero attached hydrogens (tertiary/aromatic N) is 5. The molecular formula is C21H23N5O. The quantitative estimate of drug-likeness (QED) is 0.704. The maximum atomic E-state index is 12.4. The van der Waals surface area contributed by atoms with Gasteiger partial charge >= 0.3 is 0 Å². The first-order valence-corrected chi connectivity index (χ1v) is 9.48. The van der Waals surface area contributed by atoms with Crippen molar-refractivity contribution in [1.29, 1.82) is 0 Å². The number of carbonyl (C=O) groups excluding carboxylic acids is 1. The van der Waals surface area contributed by atoms with Crippen molar-refractivity contribution in [3.63, 3.8) is 0 Å². The minimum Gasteiger partial charge on any atom is -0.356 e. The number of aromatic nitrogens is 3. The summed E-state index contributed by atoms with van der Waals surface area (Å²) in [6.07, 6.45) is 7.50. The largest absolute Gasteiger partial charge is 0.356 e. The number of hydrogen-bond acceptors (Lipinski definition) is 4. The Balaban J connectivity index is 1.51. The molecule has 3 atom stereocenters. The molecule has 2 aromatic heterocycles. The lowest BCUT2D eigenvalue weighted by Crippen LogP contribution is -2.35. The molecule has 0 radical (unpaired) electrons. The van der Waals surface area contributed by atoms with Gasteiger partial charge in [-0.3, -0.25) is 14.2 Å². The van der Waals surface area contributed by atoms with E-state index in [0.717, 1.165) is 31.1 Å². The molecule has 6 nitrogen and oxygen atoms in total. The SMILES string of the molecule is CC(=O)N1C[C@H]2CN(c3cncc4nccn34)C[C@H]2[C@H]1c1ccccc1C. The molecule has 0 bridgehead atoms. The molecule has 2 aliphatic heterocycles. The normalized spacial score (nSPS) is 24.6. The second-order valence-electron chi connectivity index (χ2n) is 7.72. The Morgan fingerprint density at radius 3 is 2.81 bits per heavy atom. The van der Waals surface area contributed by atoms with E-state index in [1.54, 1.807) is 13.1 Å². The molecule has 138 valence electrons. The molecule has 6 heteroatoms. The highest BCUT2D eigenvalue weighted by molar-refractivity contribution is 5.74. The number of carbonyl (C=O) groups is 1. The predicted molar refractivity (Wildman–Crippen MR) is 103 cm³/mol. The zero-order chi connectivity index (χ0) is 18.5. The molecule has 2 saturated heterocycles. The lowest BCUT2D eigenvalue weighted by atomic mass is 9.87. The number of likely N-dealkylation sites (tertiary alicyclic amines) is 1. The molecule has 3 aromatic rings. The number of imidazole rings is 1. The Morgan fingerprint density at radius 2 is 2.00 bits per heavy atom. The Hall–Kier alpha value is -2.89. The standard InChI is InChI=1S/C21H23N5O/c1-14-5-3-4-6-17(14)21-18-13-24(11-16(18)12-26(21)15(2)27)20-10-22-9-19-23-7-8-25(19)20/h3-10,16,18,21H,11-13H2,1-2H3/t16-,18-,21-/m1/s1. The molecule has 2 fully saturated rings. The van der Waals surface area contributed by atoms with Crippen LogP contribution in [0.4, 0.5) is 5.82 Å². The summed E-state index contributed by atoms with van der Waals surface area (Å²) in [6.45, 7) is 6.52. The fraction of sp³-hybridized carbons (Fsp3) is 0.381. The van der Waals surface area contributed by atoms with E-state index >= 15 is 0 Å². The maximum Gasteiger partial charge on any atom is 0.219 e. The topological polar surface area (TPSA) is 53.7 Å². The van der Waals surface area contributed by atoms with Crippen LogP contribution >= 0.6 is 0 Å². The second-order valence-corrected chi connectivity index (χ2v) is 7.72. The fourth-order valence-corrected chi connectivity index (χ4v) is 4.94. The Bertz CT molecular complexity index is 1010. The smallest absolute Gasteiger partial charge is 0.219 e. The van der Waals surface area contributed by atoms with E-state index in [0.29, 0.717) is 11.8 Å². The van der Waals surface area contributed by atoms with Crippen molar-refractivity contribution < 1.29 is 4.79 Å². The van der Waals surface area contributed by atoms with Crippen molar-refractivity contribution in [1.82, 2.24) is 19.3 Å². The van der Waals surface area contributed by atoms with Gasteiger partial charge in [-0.1, -0.05) is 24.3 Å². The summed E-state index contributed by atoms with van der Waals surface area (Å²) in [6, 6.07) is 8.61. The van der Waals surface area contributed by atoms with E-state index in [-0.39, 0.29) is 11.9 Å². The van der Waals surface area contributed by atoms with Crippen LogP contribution < -0.4 is 4.90 Å². The van der Waals surface area contributed by atoms with E-state index in [1.807, 2.05) is 18.6 Å². The molecule has 0 unspecified atom stereocenters. The summed E-state index contributed by atoms with van der Waals surface area (Å²) in [5.41, 5.74) is 3.40. The maximum absolute atomic E-state index is 12.4. The van der Waals surface area contributed by atoms with Gasteiger partial charge in [-0.15, -0.1) is 0 Å². The van der Waals surface area contributed by atoms with Crippen LogP contribution in [-0.2, 0) is 4.79 Å². The highest BCUT2D eigenvalue weighted by atomic mass is 16.2. The predicted octanol–water partition coefficient (Wildman–Crippen LogP) is 2.69. The molecule has 4 heterocycles. The minimum atomic E-state index is 0.147. The van der Waals surface area contributed by atoms with E-state index in [1.165, 1.54) is 11.1 Å². The average Bonchev–Trinajstić information content (AvgIpc) is 3.35. The summed E-state index contributed by atoms with van der Waals surface area (Å²) in [5, 5.41) is 0. The van der Waals surface area contributed by atoms with Crippen LogP contribution in [0.2, 0.25) is 0 Å². The van der Waals surface area contributed by atoms with Crippen LogP contribution in [0.3, 0.4) is 0 Å². The number of benzene rings is 1. The number of fused-ring (bicyclic) bond motifs is 2. The Kier molecular flexibility index (Phi) is 3.67. The first-order chi connectivity index (χ1) is 13.1. The molecule has 0 saturated carbocycles. The van der Waals surface area contributed by atoms with Gasteiger partial charge in [0.25, 0.3) is 0 Å². The fourth-order valence-electron chi connectivity index (χ4n) is 4.94. The molecule has 2 aliphatic rings. The first-order valence-electron chi connectivity index (χ1n) is 9.48.